The zero-order chi connectivity index (χ0) is 9.19. The zero-order valence-corrected chi connectivity index (χ0v) is 7.92. The maximum atomic E-state index is 10.4. The van der Waals surface area contributed by atoms with E-state index in [2.05, 4.69) is 6.92 Å². The second-order valence-corrected chi connectivity index (χ2v) is 4.26. The highest BCUT2D eigenvalue weighted by Gasteiger charge is 2.38. The third-order valence-corrected chi connectivity index (χ3v) is 3.15. The fraction of sp³-hybridized carbons (Fsp3) is 0.900. The van der Waals surface area contributed by atoms with Gasteiger partial charge in [0.2, 0.25) is 0 Å². The van der Waals surface area contributed by atoms with Crippen molar-refractivity contribution in [3.8, 4) is 0 Å². The molecule has 3 atom stereocenters. The summed E-state index contributed by atoms with van der Waals surface area (Å²) in [4.78, 5) is 10.4. The lowest BCUT2D eigenvalue weighted by Crippen LogP contribution is -2.42. The molecule has 2 heteroatoms. The third-order valence-electron chi connectivity index (χ3n) is 3.15. The van der Waals surface area contributed by atoms with Crippen molar-refractivity contribution in [2.75, 3.05) is 0 Å². The Morgan fingerprint density at radius 3 is 2.75 bits per heavy atom. The Morgan fingerprint density at radius 1 is 1.50 bits per heavy atom. The Balaban J connectivity index is 2.63. The van der Waals surface area contributed by atoms with E-state index in [0.717, 1.165) is 19.1 Å². The molecule has 1 aliphatic rings. The average Bonchev–Trinajstić information content (AvgIpc) is 1.98. The standard InChI is InChI=1S/C10H18O2/c1-8-3-4-9(2)10(12,7-8)5-6-11/h6,8-9,12H,3-5,7H2,1-2H3. The van der Waals surface area contributed by atoms with E-state index in [1.165, 1.54) is 6.42 Å². The SMILES string of the molecule is CC1CCC(C)C(O)(CC=O)C1. The number of rotatable bonds is 2. The van der Waals surface area contributed by atoms with E-state index in [9.17, 15) is 9.90 Å². The predicted octanol–water partition coefficient (Wildman–Crippen LogP) is 1.76. The summed E-state index contributed by atoms with van der Waals surface area (Å²) in [5.41, 5.74) is -0.709. The Bertz CT molecular complexity index is 167. The number of carbonyl (C=O) groups is 1. The molecule has 0 aromatic rings. The summed E-state index contributed by atoms with van der Waals surface area (Å²) in [6.07, 6.45) is 4.16. The average molecular weight is 170 g/mol. The number of aliphatic hydroxyl groups is 1. The van der Waals surface area contributed by atoms with Crippen molar-refractivity contribution in [3.63, 3.8) is 0 Å². The largest absolute Gasteiger partial charge is 0.389 e. The summed E-state index contributed by atoms with van der Waals surface area (Å²) >= 11 is 0. The molecular weight excluding hydrogens is 152 g/mol. The van der Waals surface area contributed by atoms with Crippen molar-refractivity contribution < 1.29 is 9.90 Å². The van der Waals surface area contributed by atoms with Crippen LogP contribution in [0.25, 0.3) is 0 Å². The molecule has 0 saturated heterocycles. The minimum absolute atomic E-state index is 0.277. The van der Waals surface area contributed by atoms with Crippen LogP contribution in [0.4, 0.5) is 0 Å². The second kappa shape index (κ2) is 3.56. The summed E-state index contributed by atoms with van der Waals surface area (Å²) in [5, 5.41) is 10.1. The lowest BCUT2D eigenvalue weighted by atomic mass is 9.71. The Morgan fingerprint density at radius 2 is 2.17 bits per heavy atom. The van der Waals surface area contributed by atoms with Gasteiger partial charge in [-0.1, -0.05) is 20.3 Å². The zero-order valence-electron chi connectivity index (χ0n) is 7.92. The molecule has 1 N–H and O–H groups in total. The fourth-order valence-corrected chi connectivity index (χ4v) is 2.14. The van der Waals surface area contributed by atoms with Gasteiger partial charge in [-0.25, -0.2) is 0 Å². The highest BCUT2D eigenvalue weighted by atomic mass is 16.3. The molecule has 3 unspecified atom stereocenters. The smallest absolute Gasteiger partial charge is 0.122 e. The van der Waals surface area contributed by atoms with Crippen LogP contribution in [-0.2, 0) is 4.79 Å². The molecule has 1 fully saturated rings. The molecule has 1 rings (SSSR count). The van der Waals surface area contributed by atoms with Crippen LogP contribution in [0.5, 0.6) is 0 Å². The van der Waals surface area contributed by atoms with E-state index in [-0.39, 0.29) is 5.92 Å². The van der Waals surface area contributed by atoms with Gasteiger partial charge in [0.25, 0.3) is 0 Å². The van der Waals surface area contributed by atoms with E-state index in [0.29, 0.717) is 12.3 Å². The van der Waals surface area contributed by atoms with Crippen molar-refractivity contribution in [3.05, 3.63) is 0 Å². The molecule has 0 heterocycles. The Hall–Kier alpha value is -0.370. The van der Waals surface area contributed by atoms with E-state index in [1.54, 1.807) is 0 Å². The van der Waals surface area contributed by atoms with Crippen LogP contribution in [0.15, 0.2) is 0 Å². The lowest BCUT2D eigenvalue weighted by molar-refractivity contribution is -0.118. The first-order valence-electron chi connectivity index (χ1n) is 4.74. The fourth-order valence-electron chi connectivity index (χ4n) is 2.14. The number of hydrogen-bond donors (Lipinski definition) is 1. The first-order valence-corrected chi connectivity index (χ1v) is 4.74. The Labute approximate surface area is 74.0 Å². The van der Waals surface area contributed by atoms with Gasteiger partial charge in [-0.15, -0.1) is 0 Å². The Kier molecular flexibility index (Phi) is 2.89. The molecule has 70 valence electrons. The summed E-state index contributed by atoms with van der Waals surface area (Å²) in [6, 6.07) is 0. The molecule has 0 radical (unpaired) electrons. The van der Waals surface area contributed by atoms with Gasteiger partial charge in [0.15, 0.2) is 0 Å². The van der Waals surface area contributed by atoms with Crippen LogP contribution in [0.3, 0.4) is 0 Å². The molecule has 1 aliphatic carbocycles. The van der Waals surface area contributed by atoms with Crippen LogP contribution >= 0.6 is 0 Å². The molecule has 0 aromatic carbocycles. The number of carbonyl (C=O) groups excluding carboxylic acids is 1. The maximum Gasteiger partial charge on any atom is 0.122 e. The minimum Gasteiger partial charge on any atom is -0.389 e. The van der Waals surface area contributed by atoms with Gasteiger partial charge in [-0.3, -0.25) is 0 Å². The van der Waals surface area contributed by atoms with Gasteiger partial charge in [0.05, 0.1) is 5.60 Å². The molecule has 0 amide bonds. The van der Waals surface area contributed by atoms with Crippen LogP contribution in [0.1, 0.15) is 39.5 Å². The van der Waals surface area contributed by atoms with Gasteiger partial charge in [-0.05, 0) is 24.7 Å². The molecule has 0 spiro atoms. The second-order valence-electron chi connectivity index (χ2n) is 4.26. The molecule has 0 aromatic heterocycles. The monoisotopic (exact) mass is 170 g/mol. The highest BCUT2D eigenvalue weighted by Crippen LogP contribution is 2.38. The van der Waals surface area contributed by atoms with E-state index in [4.69, 9.17) is 0 Å². The molecular formula is C10H18O2. The first kappa shape index (κ1) is 9.72. The topological polar surface area (TPSA) is 37.3 Å². The van der Waals surface area contributed by atoms with Crippen LogP contribution in [-0.4, -0.2) is 17.0 Å². The lowest BCUT2D eigenvalue weighted by Gasteiger charge is -2.39. The van der Waals surface area contributed by atoms with Crippen LogP contribution in [0, 0.1) is 11.8 Å². The van der Waals surface area contributed by atoms with Crippen molar-refractivity contribution in [1.29, 1.82) is 0 Å². The molecule has 0 bridgehead atoms. The number of aldehydes is 1. The quantitative estimate of drug-likeness (QED) is 0.641. The minimum atomic E-state index is -0.709. The van der Waals surface area contributed by atoms with Crippen molar-refractivity contribution in [2.24, 2.45) is 11.8 Å². The van der Waals surface area contributed by atoms with Crippen molar-refractivity contribution >= 4 is 6.29 Å². The van der Waals surface area contributed by atoms with Crippen molar-refractivity contribution in [2.45, 2.75) is 45.1 Å². The number of hydrogen-bond acceptors (Lipinski definition) is 2. The van der Waals surface area contributed by atoms with Crippen LogP contribution in [0.2, 0.25) is 0 Å². The maximum absolute atomic E-state index is 10.4. The van der Waals surface area contributed by atoms with E-state index < -0.39 is 5.60 Å². The van der Waals surface area contributed by atoms with Crippen LogP contribution < -0.4 is 0 Å². The van der Waals surface area contributed by atoms with E-state index >= 15 is 0 Å². The van der Waals surface area contributed by atoms with Gasteiger partial charge in [-0.2, -0.15) is 0 Å². The molecule has 12 heavy (non-hydrogen) atoms. The summed E-state index contributed by atoms with van der Waals surface area (Å²) in [7, 11) is 0. The highest BCUT2D eigenvalue weighted by molar-refractivity contribution is 5.51. The summed E-state index contributed by atoms with van der Waals surface area (Å²) in [6.45, 7) is 4.18. The van der Waals surface area contributed by atoms with E-state index in [1.807, 2.05) is 6.92 Å². The predicted molar refractivity (Wildman–Crippen MR) is 47.8 cm³/mol. The molecule has 1 saturated carbocycles. The van der Waals surface area contributed by atoms with Gasteiger partial charge < -0.3 is 9.90 Å². The normalized spacial score (nSPS) is 42.6. The summed E-state index contributed by atoms with van der Waals surface area (Å²) in [5.74, 6) is 0.838. The third kappa shape index (κ3) is 1.86. The van der Waals surface area contributed by atoms with Gasteiger partial charge >= 0.3 is 0 Å². The molecule has 0 aliphatic heterocycles. The summed E-state index contributed by atoms with van der Waals surface area (Å²) < 4.78 is 0. The molecule has 2 nitrogen and oxygen atoms in total. The first-order chi connectivity index (χ1) is 5.58. The van der Waals surface area contributed by atoms with Gasteiger partial charge in [0.1, 0.15) is 6.29 Å². The van der Waals surface area contributed by atoms with Crippen molar-refractivity contribution in [1.82, 2.24) is 0 Å². The van der Waals surface area contributed by atoms with Gasteiger partial charge in [0, 0.05) is 6.42 Å².